The number of carbonyl (C=O) groups is 5. The van der Waals surface area contributed by atoms with Crippen LogP contribution < -0.4 is 10.7 Å². The molecular formula is C21H18N4O5. The highest BCUT2D eigenvalue weighted by Gasteiger charge is 2.54. The van der Waals surface area contributed by atoms with Crippen LogP contribution in [0.4, 0.5) is 4.79 Å². The third-order valence-electron chi connectivity index (χ3n) is 5.13. The molecule has 2 N–H and O–H groups in total. The van der Waals surface area contributed by atoms with Gasteiger partial charge in [-0.15, -0.1) is 0 Å². The van der Waals surface area contributed by atoms with Crippen LogP contribution in [0.2, 0.25) is 0 Å². The van der Waals surface area contributed by atoms with E-state index in [4.69, 9.17) is 0 Å². The fourth-order valence-electron chi connectivity index (χ4n) is 3.67. The molecule has 0 atom stereocenters. The average molecular weight is 406 g/mol. The first-order chi connectivity index (χ1) is 14.4. The monoisotopic (exact) mass is 406 g/mol. The molecule has 2 aliphatic rings. The SMILES string of the molecule is O=C(CN1C(=O)CCC1=O)NN1C(=O)NC(c2ccccc2)(c2ccccc2)C1=O. The lowest BCUT2D eigenvalue weighted by Gasteiger charge is -2.27. The van der Waals surface area contributed by atoms with Crippen molar-refractivity contribution in [2.24, 2.45) is 0 Å². The molecule has 0 aromatic heterocycles. The van der Waals surface area contributed by atoms with Gasteiger partial charge in [-0.3, -0.25) is 29.5 Å². The van der Waals surface area contributed by atoms with Gasteiger partial charge in [0.1, 0.15) is 6.54 Å². The highest BCUT2D eigenvalue weighted by molar-refractivity contribution is 6.11. The van der Waals surface area contributed by atoms with Gasteiger partial charge in [-0.2, -0.15) is 5.01 Å². The van der Waals surface area contributed by atoms with Crippen molar-refractivity contribution < 1.29 is 24.0 Å². The summed E-state index contributed by atoms with van der Waals surface area (Å²) in [6, 6.07) is 16.5. The van der Waals surface area contributed by atoms with Crippen molar-refractivity contribution in [3.05, 3.63) is 71.8 Å². The Kier molecular flexibility index (Phi) is 4.78. The van der Waals surface area contributed by atoms with Gasteiger partial charge in [0.2, 0.25) is 11.8 Å². The summed E-state index contributed by atoms with van der Waals surface area (Å²) in [5, 5.41) is 3.28. The first-order valence-corrected chi connectivity index (χ1v) is 9.34. The predicted octanol–water partition coefficient (Wildman–Crippen LogP) is 0.662. The van der Waals surface area contributed by atoms with Gasteiger partial charge in [-0.05, 0) is 11.1 Å². The second kappa shape index (κ2) is 7.43. The van der Waals surface area contributed by atoms with Gasteiger partial charge in [-0.25, -0.2) is 4.79 Å². The molecule has 0 aliphatic carbocycles. The van der Waals surface area contributed by atoms with Crippen molar-refractivity contribution in [2.45, 2.75) is 18.4 Å². The Morgan fingerprint density at radius 1 is 0.867 bits per heavy atom. The first kappa shape index (κ1) is 19.3. The molecule has 0 saturated carbocycles. The van der Waals surface area contributed by atoms with E-state index in [1.54, 1.807) is 60.7 Å². The topological polar surface area (TPSA) is 116 Å². The van der Waals surface area contributed by atoms with Crippen LogP contribution in [0.25, 0.3) is 0 Å². The summed E-state index contributed by atoms with van der Waals surface area (Å²) in [5.41, 5.74) is 1.75. The largest absolute Gasteiger partial charge is 0.344 e. The smallest absolute Gasteiger partial charge is 0.314 e. The number of amides is 6. The first-order valence-electron chi connectivity index (χ1n) is 9.34. The number of nitrogens with one attached hydrogen (secondary N) is 2. The van der Waals surface area contributed by atoms with E-state index in [1.165, 1.54) is 0 Å². The fraction of sp³-hybridized carbons (Fsp3) is 0.190. The van der Waals surface area contributed by atoms with Gasteiger partial charge < -0.3 is 5.32 Å². The van der Waals surface area contributed by atoms with Gasteiger partial charge >= 0.3 is 6.03 Å². The molecular weight excluding hydrogens is 388 g/mol. The van der Waals surface area contributed by atoms with Gasteiger partial charge in [0.15, 0.2) is 5.54 Å². The van der Waals surface area contributed by atoms with E-state index in [-0.39, 0.29) is 12.8 Å². The van der Waals surface area contributed by atoms with Crippen molar-refractivity contribution >= 4 is 29.7 Å². The Balaban J connectivity index is 1.63. The van der Waals surface area contributed by atoms with Crippen LogP contribution in [0.3, 0.4) is 0 Å². The van der Waals surface area contributed by atoms with Gasteiger partial charge in [0, 0.05) is 12.8 Å². The summed E-state index contributed by atoms with van der Waals surface area (Å²) in [6.07, 6.45) is 0.0841. The molecule has 2 heterocycles. The standard InChI is InChI=1S/C21H18N4O5/c26-16(13-24-17(27)11-12-18(24)28)23-25-19(29)21(22-20(25)30,14-7-3-1-4-8-14)15-9-5-2-6-10-15/h1-10H,11-13H2,(H,22,30)(H,23,26). The van der Waals surface area contributed by atoms with Gasteiger partial charge in [0.25, 0.3) is 11.8 Å². The number of nitrogens with zero attached hydrogens (tertiary/aromatic N) is 2. The van der Waals surface area contributed by atoms with E-state index in [1.807, 2.05) is 0 Å². The minimum Gasteiger partial charge on any atom is -0.314 e. The van der Waals surface area contributed by atoms with E-state index in [9.17, 15) is 24.0 Å². The van der Waals surface area contributed by atoms with Crippen molar-refractivity contribution in [3.8, 4) is 0 Å². The van der Waals surface area contributed by atoms with E-state index < -0.39 is 41.7 Å². The third kappa shape index (κ3) is 3.10. The fourth-order valence-corrected chi connectivity index (χ4v) is 3.67. The molecule has 0 bridgehead atoms. The zero-order chi connectivity index (χ0) is 21.3. The number of rotatable bonds is 5. The van der Waals surface area contributed by atoms with Crippen LogP contribution in [-0.4, -0.2) is 46.1 Å². The molecule has 2 saturated heterocycles. The number of carbonyl (C=O) groups excluding carboxylic acids is 5. The number of hydrogen-bond acceptors (Lipinski definition) is 5. The maximum atomic E-state index is 13.4. The summed E-state index contributed by atoms with van der Waals surface area (Å²) < 4.78 is 0. The highest BCUT2D eigenvalue weighted by atomic mass is 16.2. The molecule has 2 aliphatic heterocycles. The maximum absolute atomic E-state index is 13.4. The Morgan fingerprint density at radius 3 is 1.87 bits per heavy atom. The van der Waals surface area contributed by atoms with Crippen LogP contribution in [0.5, 0.6) is 0 Å². The summed E-state index contributed by atoms with van der Waals surface area (Å²) in [5.74, 6) is -2.44. The quantitative estimate of drug-likeness (QED) is 0.559. The third-order valence-corrected chi connectivity index (χ3v) is 5.13. The summed E-state index contributed by atoms with van der Waals surface area (Å²) in [4.78, 5) is 62.8. The van der Waals surface area contributed by atoms with Gasteiger partial charge in [0.05, 0.1) is 0 Å². The lowest BCUT2D eigenvalue weighted by Crippen LogP contribution is -2.51. The molecule has 0 spiro atoms. The Hall–Kier alpha value is -4.01. The zero-order valence-electron chi connectivity index (χ0n) is 15.8. The second-order valence-electron chi connectivity index (χ2n) is 6.96. The van der Waals surface area contributed by atoms with E-state index >= 15 is 0 Å². The van der Waals surface area contributed by atoms with Crippen molar-refractivity contribution in [3.63, 3.8) is 0 Å². The Bertz CT molecular complexity index is 982. The minimum absolute atomic E-state index is 0.0420. The molecule has 4 rings (SSSR count). The van der Waals surface area contributed by atoms with Crippen LogP contribution in [-0.2, 0) is 24.7 Å². The molecule has 9 heteroatoms. The molecule has 0 unspecified atom stereocenters. The second-order valence-corrected chi connectivity index (χ2v) is 6.96. The number of benzene rings is 2. The molecule has 6 amide bonds. The average Bonchev–Trinajstić information content (AvgIpc) is 3.21. The predicted molar refractivity (Wildman–Crippen MR) is 103 cm³/mol. The number of likely N-dealkylation sites (tertiary alicyclic amines) is 1. The molecule has 9 nitrogen and oxygen atoms in total. The molecule has 2 aromatic carbocycles. The summed E-state index contributed by atoms with van der Waals surface area (Å²) in [7, 11) is 0. The minimum atomic E-state index is -1.52. The number of hydrazine groups is 1. The summed E-state index contributed by atoms with van der Waals surface area (Å²) in [6.45, 7) is -0.557. The lowest BCUT2D eigenvalue weighted by molar-refractivity contribution is -0.144. The van der Waals surface area contributed by atoms with Crippen LogP contribution >= 0.6 is 0 Å². The van der Waals surface area contributed by atoms with E-state index in [0.717, 1.165) is 4.90 Å². The summed E-state index contributed by atoms with van der Waals surface area (Å²) >= 11 is 0. The Labute approximate surface area is 171 Å². The van der Waals surface area contributed by atoms with E-state index in [0.29, 0.717) is 16.1 Å². The molecule has 2 aromatic rings. The molecule has 152 valence electrons. The highest BCUT2D eigenvalue weighted by Crippen LogP contribution is 2.35. The molecule has 0 radical (unpaired) electrons. The van der Waals surface area contributed by atoms with Gasteiger partial charge in [-0.1, -0.05) is 60.7 Å². The zero-order valence-corrected chi connectivity index (χ0v) is 15.8. The van der Waals surface area contributed by atoms with Crippen LogP contribution in [0.1, 0.15) is 24.0 Å². The number of hydrogen-bond donors (Lipinski definition) is 2. The molecule has 30 heavy (non-hydrogen) atoms. The maximum Gasteiger partial charge on any atom is 0.344 e. The van der Waals surface area contributed by atoms with E-state index in [2.05, 4.69) is 10.7 Å². The molecule has 2 fully saturated rings. The Morgan fingerprint density at radius 2 is 1.37 bits per heavy atom. The van der Waals surface area contributed by atoms with Crippen LogP contribution in [0.15, 0.2) is 60.7 Å². The van der Waals surface area contributed by atoms with Crippen molar-refractivity contribution in [1.29, 1.82) is 0 Å². The number of urea groups is 1. The number of imide groups is 2. The van der Waals surface area contributed by atoms with Crippen LogP contribution in [0, 0.1) is 0 Å². The van der Waals surface area contributed by atoms with Crippen molar-refractivity contribution in [2.75, 3.05) is 6.54 Å². The normalized spacial score (nSPS) is 18.0. The van der Waals surface area contributed by atoms with Crippen molar-refractivity contribution in [1.82, 2.24) is 20.7 Å². The lowest BCUT2D eigenvalue weighted by atomic mass is 9.83.